The van der Waals surface area contributed by atoms with E-state index < -0.39 is 10.0 Å². The molecule has 33 heavy (non-hydrogen) atoms. The highest BCUT2D eigenvalue weighted by atomic mass is 32.2. The highest BCUT2D eigenvalue weighted by Gasteiger charge is 2.30. The Morgan fingerprint density at radius 1 is 0.970 bits per heavy atom. The highest BCUT2D eigenvalue weighted by molar-refractivity contribution is 7.89. The molecular weight excluding hydrogens is 434 g/mol. The van der Waals surface area contributed by atoms with Crippen molar-refractivity contribution >= 4 is 21.6 Å². The molecule has 1 N–H and O–H groups in total. The van der Waals surface area contributed by atoms with Crippen LogP contribution in [0.3, 0.4) is 0 Å². The van der Waals surface area contributed by atoms with Crippen molar-refractivity contribution in [1.82, 2.24) is 9.62 Å². The number of amides is 1. The van der Waals surface area contributed by atoms with Crippen LogP contribution in [0.4, 0.5) is 5.69 Å². The van der Waals surface area contributed by atoms with E-state index in [9.17, 15) is 13.2 Å². The molecular formula is C26H27N3O3S. The average Bonchev–Trinajstić information content (AvgIpc) is 3.37. The number of hydrogen-bond donors (Lipinski definition) is 1. The van der Waals surface area contributed by atoms with Crippen LogP contribution in [0.15, 0.2) is 77.7 Å². The van der Waals surface area contributed by atoms with E-state index in [2.05, 4.69) is 46.0 Å². The van der Waals surface area contributed by atoms with Crippen LogP contribution in [0.5, 0.6) is 0 Å². The summed E-state index contributed by atoms with van der Waals surface area (Å²) in [5.74, 6) is -0.0178. The number of sulfonamides is 1. The van der Waals surface area contributed by atoms with Gasteiger partial charge in [0.2, 0.25) is 15.9 Å². The van der Waals surface area contributed by atoms with Gasteiger partial charge < -0.3 is 4.90 Å². The predicted octanol–water partition coefficient (Wildman–Crippen LogP) is 3.43. The lowest BCUT2D eigenvalue weighted by Gasteiger charge is -2.17. The smallest absolute Gasteiger partial charge is 0.240 e. The second-order valence-corrected chi connectivity index (χ2v) is 10.5. The molecule has 2 aliphatic rings. The number of likely N-dealkylation sites (tertiary alicyclic amines) is 1. The first kappa shape index (κ1) is 21.8. The van der Waals surface area contributed by atoms with Gasteiger partial charge in [-0.05, 0) is 46.9 Å². The number of likely N-dealkylation sites (N-methyl/N-ethyl adjacent to an activating group) is 1. The number of nitrogens with one attached hydrogen (secondary N) is 1. The van der Waals surface area contributed by atoms with Crippen molar-refractivity contribution in [2.45, 2.75) is 30.3 Å². The van der Waals surface area contributed by atoms with Gasteiger partial charge in [0.25, 0.3) is 0 Å². The monoisotopic (exact) mass is 461 g/mol. The van der Waals surface area contributed by atoms with Gasteiger partial charge in [-0.1, -0.05) is 54.6 Å². The SMILES string of the molecule is CN1C(=O)Cc2cc(S(=O)(=O)N[C@@H]3CCN(Cc4ccc(-c5ccccc5)cc4)C3)ccc21. The second kappa shape index (κ2) is 8.74. The molecule has 170 valence electrons. The first-order valence-corrected chi connectivity index (χ1v) is 12.7. The summed E-state index contributed by atoms with van der Waals surface area (Å²) in [6.45, 7) is 2.31. The minimum atomic E-state index is -3.64. The van der Waals surface area contributed by atoms with Crippen LogP contribution in [-0.2, 0) is 27.8 Å². The summed E-state index contributed by atoms with van der Waals surface area (Å²) in [5, 5.41) is 0. The summed E-state index contributed by atoms with van der Waals surface area (Å²) < 4.78 is 28.8. The second-order valence-electron chi connectivity index (χ2n) is 8.83. The molecule has 5 rings (SSSR count). The molecule has 1 fully saturated rings. The maximum atomic E-state index is 13.0. The zero-order valence-corrected chi connectivity index (χ0v) is 19.4. The maximum Gasteiger partial charge on any atom is 0.240 e. The first-order valence-electron chi connectivity index (χ1n) is 11.2. The van der Waals surface area contributed by atoms with Crippen molar-refractivity contribution < 1.29 is 13.2 Å². The Hall–Kier alpha value is -3.00. The Labute approximate surface area is 194 Å². The normalized spacial score (nSPS) is 18.6. The molecule has 1 atom stereocenters. The highest BCUT2D eigenvalue weighted by Crippen LogP contribution is 2.30. The van der Waals surface area contributed by atoms with Crippen LogP contribution in [-0.4, -0.2) is 45.4 Å². The number of carbonyl (C=O) groups is 1. The van der Waals surface area contributed by atoms with Gasteiger partial charge >= 0.3 is 0 Å². The number of fused-ring (bicyclic) bond motifs is 1. The molecule has 3 aromatic rings. The van der Waals surface area contributed by atoms with Gasteiger partial charge in [-0.3, -0.25) is 9.69 Å². The zero-order valence-electron chi connectivity index (χ0n) is 18.6. The number of benzene rings is 3. The lowest BCUT2D eigenvalue weighted by Crippen LogP contribution is -2.37. The summed E-state index contributed by atoms with van der Waals surface area (Å²) in [5.41, 5.74) is 5.14. The third kappa shape index (κ3) is 4.57. The van der Waals surface area contributed by atoms with E-state index in [0.29, 0.717) is 6.54 Å². The van der Waals surface area contributed by atoms with E-state index in [4.69, 9.17) is 0 Å². The Kier molecular flexibility index (Phi) is 5.78. The van der Waals surface area contributed by atoms with E-state index in [1.165, 1.54) is 16.7 Å². The quantitative estimate of drug-likeness (QED) is 0.611. The van der Waals surface area contributed by atoms with Crippen LogP contribution in [0, 0.1) is 0 Å². The number of rotatable bonds is 6. The van der Waals surface area contributed by atoms with Gasteiger partial charge in [-0.15, -0.1) is 0 Å². The first-order chi connectivity index (χ1) is 15.9. The fraction of sp³-hybridized carbons (Fsp3) is 0.269. The molecule has 1 amide bonds. The van der Waals surface area contributed by atoms with Crippen LogP contribution >= 0.6 is 0 Å². The molecule has 2 aliphatic heterocycles. The molecule has 3 aromatic carbocycles. The average molecular weight is 462 g/mol. The van der Waals surface area contributed by atoms with E-state index >= 15 is 0 Å². The summed E-state index contributed by atoms with van der Waals surface area (Å²) >= 11 is 0. The Morgan fingerprint density at radius 3 is 2.45 bits per heavy atom. The molecule has 7 heteroatoms. The minimum Gasteiger partial charge on any atom is -0.315 e. The van der Waals surface area contributed by atoms with Crippen molar-refractivity contribution in [1.29, 1.82) is 0 Å². The van der Waals surface area contributed by atoms with Crippen LogP contribution < -0.4 is 9.62 Å². The Balaban J connectivity index is 1.20. The Morgan fingerprint density at radius 2 is 1.70 bits per heavy atom. The van der Waals surface area contributed by atoms with E-state index in [0.717, 1.165) is 30.8 Å². The minimum absolute atomic E-state index is 0.0178. The molecule has 0 saturated carbocycles. The molecule has 0 radical (unpaired) electrons. The molecule has 0 unspecified atom stereocenters. The van der Waals surface area contributed by atoms with Crippen LogP contribution in [0.25, 0.3) is 11.1 Å². The zero-order chi connectivity index (χ0) is 23.0. The molecule has 2 heterocycles. The third-order valence-corrected chi connectivity index (χ3v) is 8.02. The van der Waals surface area contributed by atoms with E-state index in [-0.39, 0.29) is 23.3 Å². The summed E-state index contributed by atoms with van der Waals surface area (Å²) in [6.07, 6.45) is 1.02. The van der Waals surface area contributed by atoms with Crippen molar-refractivity contribution in [3.63, 3.8) is 0 Å². The van der Waals surface area contributed by atoms with Crippen molar-refractivity contribution in [3.05, 3.63) is 83.9 Å². The maximum absolute atomic E-state index is 13.0. The number of anilines is 1. The largest absolute Gasteiger partial charge is 0.315 e. The van der Waals surface area contributed by atoms with Crippen LogP contribution in [0.1, 0.15) is 17.5 Å². The molecule has 0 bridgehead atoms. The summed E-state index contributed by atoms with van der Waals surface area (Å²) in [6, 6.07) is 23.6. The lowest BCUT2D eigenvalue weighted by molar-refractivity contribution is -0.117. The van der Waals surface area contributed by atoms with E-state index in [1.54, 1.807) is 30.1 Å². The van der Waals surface area contributed by atoms with Gasteiger partial charge in [-0.2, -0.15) is 0 Å². The third-order valence-electron chi connectivity index (χ3n) is 6.50. The fourth-order valence-corrected chi connectivity index (χ4v) is 5.98. The standard InChI is InChI=1S/C26H27N3O3S/c1-28-25-12-11-24(15-22(25)16-26(28)30)33(31,32)27-23-13-14-29(18-23)17-19-7-9-21(10-8-19)20-5-3-2-4-6-20/h2-12,15,23,27H,13-14,16-18H2,1H3/t23-/m1/s1. The molecule has 0 aromatic heterocycles. The van der Waals surface area contributed by atoms with Crippen molar-refractivity contribution in [2.75, 3.05) is 25.0 Å². The van der Waals surface area contributed by atoms with E-state index in [1.807, 2.05) is 18.2 Å². The summed E-state index contributed by atoms with van der Waals surface area (Å²) in [4.78, 5) is 16.0. The van der Waals surface area contributed by atoms with Gasteiger partial charge in [-0.25, -0.2) is 13.1 Å². The molecule has 6 nitrogen and oxygen atoms in total. The number of nitrogens with zero attached hydrogens (tertiary/aromatic N) is 2. The molecule has 0 aliphatic carbocycles. The molecule has 0 spiro atoms. The van der Waals surface area contributed by atoms with Gasteiger partial charge in [0.05, 0.1) is 11.3 Å². The summed E-state index contributed by atoms with van der Waals surface area (Å²) in [7, 11) is -1.93. The Bertz CT molecular complexity index is 1270. The lowest BCUT2D eigenvalue weighted by atomic mass is 10.0. The predicted molar refractivity (Wildman–Crippen MR) is 129 cm³/mol. The molecule has 1 saturated heterocycles. The number of carbonyl (C=O) groups excluding carboxylic acids is 1. The fourth-order valence-electron chi connectivity index (χ4n) is 4.67. The van der Waals surface area contributed by atoms with Gasteiger partial charge in [0, 0.05) is 38.4 Å². The topological polar surface area (TPSA) is 69.7 Å². The van der Waals surface area contributed by atoms with Crippen molar-refractivity contribution in [3.8, 4) is 11.1 Å². The van der Waals surface area contributed by atoms with Crippen molar-refractivity contribution in [2.24, 2.45) is 0 Å². The number of hydrogen-bond acceptors (Lipinski definition) is 4. The van der Waals surface area contributed by atoms with Gasteiger partial charge in [0.15, 0.2) is 0 Å². The van der Waals surface area contributed by atoms with Crippen LogP contribution in [0.2, 0.25) is 0 Å². The van der Waals surface area contributed by atoms with Gasteiger partial charge in [0.1, 0.15) is 0 Å².